The first-order valence-corrected chi connectivity index (χ1v) is 7.58. The van der Waals surface area contributed by atoms with E-state index in [1.807, 2.05) is 11.8 Å². The third-order valence-corrected chi connectivity index (χ3v) is 5.98. The summed E-state index contributed by atoms with van der Waals surface area (Å²) < 4.78 is 0. The molecule has 4 radical (unpaired) electrons. The monoisotopic (exact) mass is 253 g/mol. The lowest BCUT2D eigenvalue weighted by Crippen LogP contribution is -2.50. The van der Waals surface area contributed by atoms with Crippen LogP contribution < -0.4 is 5.32 Å². The number of rotatable bonds is 2. The molecular weight excluding hydrogens is 236 g/mol. The van der Waals surface area contributed by atoms with Crippen molar-refractivity contribution in [1.29, 1.82) is 0 Å². The zero-order valence-corrected chi connectivity index (χ0v) is 11.6. The minimum Gasteiger partial charge on any atom is -0.315 e. The van der Waals surface area contributed by atoms with Crippen LogP contribution in [0.4, 0.5) is 0 Å². The van der Waals surface area contributed by atoms with Gasteiger partial charge in [-0.25, -0.2) is 0 Å². The lowest BCUT2D eigenvalue weighted by Gasteiger charge is -2.47. The summed E-state index contributed by atoms with van der Waals surface area (Å²) in [6, 6.07) is 8.73. The van der Waals surface area contributed by atoms with Gasteiger partial charge in [0.2, 0.25) is 0 Å². The summed E-state index contributed by atoms with van der Waals surface area (Å²) in [6.07, 6.45) is 2.25. The van der Waals surface area contributed by atoms with Crippen LogP contribution in [-0.2, 0) is 5.41 Å². The number of hydrogen-bond donors (Lipinski definition) is 1. The molecule has 0 amide bonds. The molecule has 2 aliphatic heterocycles. The molecule has 0 saturated carbocycles. The molecule has 1 N–H and O–H groups in total. The minimum atomic E-state index is -0.691. The van der Waals surface area contributed by atoms with E-state index in [-0.39, 0.29) is 11.5 Å². The minimum absolute atomic E-state index is 0.156. The molecule has 1 aromatic carbocycles. The molecule has 1 unspecified atom stereocenters. The zero-order valence-electron chi connectivity index (χ0n) is 10.8. The van der Waals surface area contributed by atoms with Gasteiger partial charge in [-0.3, -0.25) is 0 Å². The van der Waals surface area contributed by atoms with Gasteiger partial charge in [0.05, 0.1) is 15.7 Å². The van der Waals surface area contributed by atoms with Gasteiger partial charge in [-0.1, -0.05) is 30.3 Å². The topological polar surface area (TPSA) is 12.0 Å². The van der Waals surface area contributed by atoms with Gasteiger partial charge in [0.15, 0.2) is 0 Å². The van der Waals surface area contributed by atoms with Crippen LogP contribution in [-0.4, -0.2) is 34.0 Å². The van der Waals surface area contributed by atoms with Crippen molar-refractivity contribution in [3.05, 3.63) is 29.8 Å². The Hall–Kier alpha value is -0.340. The van der Waals surface area contributed by atoms with Crippen LogP contribution in [0.15, 0.2) is 29.2 Å². The third kappa shape index (κ3) is 1.69. The van der Waals surface area contributed by atoms with Crippen LogP contribution in [0.5, 0.6) is 0 Å². The first kappa shape index (κ1) is 12.7. The molecular formula is C14H17B2NS. The maximum absolute atomic E-state index is 6.58. The molecule has 4 heteroatoms. The summed E-state index contributed by atoms with van der Waals surface area (Å²) in [5, 5.41) is 2.78. The highest BCUT2D eigenvalue weighted by atomic mass is 32.2. The predicted molar refractivity (Wildman–Crippen MR) is 79.7 cm³/mol. The smallest absolute Gasteiger partial charge is 0.0653 e. The van der Waals surface area contributed by atoms with E-state index in [0.717, 1.165) is 18.7 Å². The van der Waals surface area contributed by atoms with E-state index in [1.165, 1.54) is 16.9 Å². The number of fused-ring (bicyclic) bond motifs is 1. The van der Waals surface area contributed by atoms with Crippen molar-refractivity contribution in [3.63, 3.8) is 0 Å². The van der Waals surface area contributed by atoms with Gasteiger partial charge in [0.25, 0.3) is 0 Å². The Balaban J connectivity index is 2.00. The van der Waals surface area contributed by atoms with Gasteiger partial charge >= 0.3 is 0 Å². The fourth-order valence-corrected chi connectivity index (χ4v) is 4.66. The van der Waals surface area contributed by atoms with Crippen molar-refractivity contribution in [2.45, 2.75) is 41.3 Å². The molecule has 90 valence electrons. The van der Waals surface area contributed by atoms with E-state index in [9.17, 15) is 0 Å². The van der Waals surface area contributed by atoms with Crippen LogP contribution >= 0.6 is 11.8 Å². The van der Waals surface area contributed by atoms with Crippen molar-refractivity contribution in [2.24, 2.45) is 0 Å². The molecule has 0 spiro atoms. The Labute approximate surface area is 116 Å². The van der Waals surface area contributed by atoms with E-state index < -0.39 is 5.21 Å². The molecule has 1 fully saturated rings. The van der Waals surface area contributed by atoms with E-state index in [4.69, 9.17) is 15.7 Å². The summed E-state index contributed by atoms with van der Waals surface area (Å²) >= 11 is 1.87. The Morgan fingerprint density at radius 2 is 2.17 bits per heavy atom. The molecule has 3 rings (SSSR count). The molecule has 2 atom stereocenters. The maximum atomic E-state index is 6.58. The van der Waals surface area contributed by atoms with Gasteiger partial charge in [-0.15, -0.1) is 11.8 Å². The van der Waals surface area contributed by atoms with Crippen LogP contribution in [0.25, 0.3) is 0 Å². The normalized spacial score (nSPS) is 31.5. The number of thioether (sulfide) groups is 1. The highest BCUT2D eigenvalue weighted by Crippen LogP contribution is 2.56. The Morgan fingerprint density at radius 3 is 2.89 bits per heavy atom. The quantitative estimate of drug-likeness (QED) is 0.811. The van der Waals surface area contributed by atoms with Gasteiger partial charge in [0.1, 0.15) is 0 Å². The van der Waals surface area contributed by atoms with Gasteiger partial charge in [0, 0.05) is 10.6 Å². The lowest BCUT2D eigenvalue weighted by molar-refractivity contribution is 0.368. The van der Waals surface area contributed by atoms with Crippen LogP contribution in [0.1, 0.15) is 25.3 Å². The number of benzene rings is 1. The Bertz CT molecular complexity index is 457. The molecule has 1 aromatic rings. The molecule has 0 aliphatic carbocycles. The van der Waals surface area contributed by atoms with Crippen molar-refractivity contribution in [2.75, 3.05) is 12.3 Å². The van der Waals surface area contributed by atoms with Crippen LogP contribution in [0.3, 0.4) is 0 Å². The van der Waals surface area contributed by atoms with Crippen LogP contribution in [0, 0.1) is 0 Å². The fraction of sp³-hybridized carbons (Fsp3) is 0.571. The number of hydrogen-bond acceptors (Lipinski definition) is 2. The zero-order chi connectivity index (χ0) is 12.8. The average molecular weight is 253 g/mol. The highest BCUT2D eigenvalue weighted by Gasteiger charge is 2.49. The largest absolute Gasteiger partial charge is 0.315 e. The second kappa shape index (κ2) is 4.35. The molecule has 2 heterocycles. The Kier molecular flexibility index (Phi) is 3.06. The standard InChI is InChI=1S/C14H17B2NS/c1-13(14(15,16)12-7-4-8-17-12)9-18-11-6-3-2-5-10(11)13/h2-3,5-6,12,17H,4,7-9H2,1H3/t12-,13?/m1/s1. The van der Waals surface area contributed by atoms with Gasteiger partial charge in [-0.05, 0) is 42.5 Å². The summed E-state index contributed by atoms with van der Waals surface area (Å²) in [6.45, 7) is 3.25. The van der Waals surface area contributed by atoms with E-state index >= 15 is 0 Å². The first-order chi connectivity index (χ1) is 8.56. The summed E-state index contributed by atoms with van der Waals surface area (Å²) in [5.74, 6) is 0.970. The molecule has 0 aromatic heterocycles. The Morgan fingerprint density at radius 1 is 1.39 bits per heavy atom. The van der Waals surface area contributed by atoms with Crippen LogP contribution in [0.2, 0.25) is 5.21 Å². The second-order valence-corrected chi connectivity index (χ2v) is 6.72. The van der Waals surface area contributed by atoms with Gasteiger partial charge in [-0.2, -0.15) is 0 Å². The number of nitrogens with one attached hydrogen (secondary N) is 1. The lowest BCUT2D eigenvalue weighted by atomic mass is 9.38. The molecule has 0 bridgehead atoms. The maximum Gasteiger partial charge on any atom is 0.0653 e. The average Bonchev–Trinajstić information content (AvgIpc) is 2.99. The van der Waals surface area contributed by atoms with Crippen molar-refractivity contribution in [1.82, 2.24) is 5.32 Å². The van der Waals surface area contributed by atoms with Crippen molar-refractivity contribution >= 4 is 27.5 Å². The fourth-order valence-electron chi connectivity index (χ4n) is 3.18. The first-order valence-electron chi connectivity index (χ1n) is 6.59. The molecule has 1 saturated heterocycles. The molecule has 2 aliphatic rings. The highest BCUT2D eigenvalue weighted by molar-refractivity contribution is 7.99. The van der Waals surface area contributed by atoms with Crippen molar-refractivity contribution < 1.29 is 0 Å². The van der Waals surface area contributed by atoms with E-state index in [0.29, 0.717) is 0 Å². The van der Waals surface area contributed by atoms with E-state index in [1.54, 1.807) is 0 Å². The van der Waals surface area contributed by atoms with Gasteiger partial charge < -0.3 is 5.32 Å². The SMILES string of the molecule is [B]C([B])([C@H]1CCCN1)C1(C)CSc2ccccc21. The molecule has 18 heavy (non-hydrogen) atoms. The molecule has 1 nitrogen and oxygen atoms in total. The summed E-state index contributed by atoms with van der Waals surface area (Å²) in [4.78, 5) is 1.33. The van der Waals surface area contributed by atoms with E-state index in [2.05, 4.69) is 36.5 Å². The summed E-state index contributed by atoms with van der Waals surface area (Å²) in [7, 11) is 13.2. The second-order valence-electron chi connectivity index (χ2n) is 5.70. The van der Waals surface area contributed by atoms with Crippen molar-refractivity contribution in [3.8, 4) is 0 Å². The third-order valence-electron chi connectivity index (χ3n) is 4.59. The summed E-state index contributed by atoms with van der Waals surface area (Å²) in [5.41, 5.74) is 1.16. The predicted octanol–water partition coefficient (Wildman–Crippen LogP) is 2.26.